The molecular weight excluding hydrogens is 286 g/mol. The average molecular weight is 300 g/mol. The zero-order chi connectivity index (χ0) is 12.8. The van der Waals surface area contributed by atoms with Gasteiger partial charge >= 0.3 is 5.97 Å². The first-order valence-electron chi connectivity index (χ1n) is 5.17. The number of hydrogen-bond acceptors (Lipinski definition) is 3. The van der Waals surface area contributed by atoms with E-state index in [0.717, 1.165) is 10.0 Å². The maximum absolute atomic E-state index is 11.4. The maximum atomic E-state index is 11.4. The molecule has 0 bridgehead atoms. The number of amides is 1. The smallest absolute Gasteiger partial charge is 0.303 e. The Morgan fingerprint density at radius 1 is 1.35 bits per heavy atom. The fourth-order valence-corrected chi connectivity index (χ4v) is 1.55. The van der Waals surface area contributed by atoms with Crippen molar-refractivity contribution < 1.29 is 14.3 Å². The molecule has 17 heavy (non-hydrogen) atoms. The summed E-state index contributed by atoms with van der Waals surface area (Å²) in [5.74, 6) is -0.771. The number of ether oxygens (including phenoxy) is 1. The Morgan fingerprint density at radius 3 is 2.47 bits per heavy atom. The molecular formula is C12H14BrNO3. The van der Waals surface area contributed by atoms with E-state index in [-0.39, 0.29) is 18.6 Å². The lowest BCUT2D eigenvalue weighted by Crippen LogP contribution is -2.30. The molecule has 0 aliphatic carbocycles. The highest BCUT2D eigenvalue weighted by Crippen LogP contribution is 2.16. The van der Waals surface area contributed by atoms with Crippen LogP contribution in [0.1, 0.15) is 25.5 Å². The molecule has 1 rings (SSSR count). The Kier molecular flexibility index (Phi) is 5.15. The van der Waals surface area contributed by atoms with E-state index in [1.54, 1.807) is 0 Å². The van der Waals surface area contributed by atoms with E-state index in [1.807, 2.05) is 31.2 Å². The van der Waals surface area contributed by atoms with E-state index in [0.29, 0.717) is 0 Å². The van der Waals surface area contributed by atoms with Crippen molar-refractivity contribution in [2.75, 3.05) is 6.61 Å². The van der Waals surface area contributed by atoms with Gasteiger partial charge in [-0.25, -0.2) is 0 Å². The summed E-state index contributed by atoms with van der Waals surface area (Å²) in [7, 11) is 0. The third-order valence-electron chi connectivity index (χ3n) is 2.15. The molecule has 0 spiro atoms. The molecule has 0 fully saturated rings. The van der Waals surface area contributed by atoms with E-state index in [2.05, 4.69) is 26.0 Å². The van der Waals surface area contributed by atoms with Gasteiger partial charge in [0.2, 0.25) is 0 Å². The first-order valence-corrected chi connectivity index (χ1v) is 5.96. The van der Waals surface area contributed by atoms with Crippen LogP contribution in [-0.2, 0) is 14.3 Å². The summed E-state index contributed by atoms with van der Waals surface area (Å²) in [6.45, 7) is 2.90. The lowest BCUT2D eigenvalue weighted by Gasteiger charge is -2.14. The molecule has 1 N–H and O–H groups in total. The van der Waals surface area contributed by atoms with E-state index >= 15 is 0 Å². The van der Waals surface area contributed by atoms with Gasteiger partial charge in [-0.1, -0.05) is 28.1 Å². The molecule has 0 unspecified atom stereocenters. The highest BCUT2D eigenvalue weighted by Gasteiger charge is 2.10. The number of rotatable bonds is 4. The highest BCUT2D eigenvalue weighted by atomic mass is 79.9. The van der Waals surface area contributed by atoms with E-state index in [9.17, 15) is 9.59 Å². The summed E-state index contributed by atoms with van der Waals surface area (Å²) in [5.41, 5.74) is 0.990. The fourth-order valence-electron chi connectivity index (χ4n) is 1.29. The summed E-state index contributed by atoms with van der Waals surface area (Å²) in [4.78, 5) is 21.9. The van der Waals surface area contributed by atoms with Crippen LogP contribution < -0.4 is 5.32 Å². The topological polar surface area (TPSA) is 55.4 Å². The van der Waals surface area contributed by atoms with Crippen LogP contribution in [0, 0.1) is 0 Å². The van der Waals surface area contributed by atoms with Gasteiger partial charge in [0.1, 0.15) is 0 Å². The van der Waals surface area contributed by atoms with Gasteiger partial charge in [0.15, 0.2) is 6.61 Å². The number of nitrogens with one attached hydrogen (secondary N) is 1. The molecule has 5 heteroatoms. The summed E-state index contributed by atoms with van der Waals surface area (Å²) in [5, 5.41) is 2.74. The number of carbonyl (C=O) groups excluding carboxylic acids is 2. The van der Waals surface area contributed by atoms with E-state index in [4.69, 9.17) is 0 Å². The van der Waals surface area contributed by atoms with Crippen molar-refractivity contribution in [1.29, 1.82) is 0 Å². The average Bonchev–Trinajstić information content (AvgIpc) is 2.27. The predicted molar refractivity (Wildman–Crippen MR) is 67.3 cm³/mol. The Hall–Kier alpha value is -1.36. The monoisotopic (exact) mass is 299 g/mol. The first-order chi connectivity index (χ1) is 7.99. The van der Waals surface area contributed by atoms with Gasteiger partial charge < -0.3 is 10.1 Å². The van der Waals surface area contributed by atoms with Crippen LogP contribution in [0.3, 0.4) is 0 Å². The second kappa shape index (κ2) is 6.39. The fraction of sp³-hybridized carbons (Fsp3) is 0.333. The lowest BCUT2D eigenvalue weighted by atomic mass is 10.1. The van der Waals surface area contributed by atoms with Gasteiger partial charge in [-0.2, -0.15) is 0 Å². The third kappa shape index (κ3) is 4.99. The molecule has 0 aliphatic heterocycles. The van der Waals surface area contributed by atoms with Crippen molar-refractivity contribution in [3.05, 3.63) is 34.3 Å². The summed E-state index contributed by atoms with van der Waals surface area (Å²) in [6.07, 6.45) is 0. The van der Waals surface area contributed by atoms with Crippen molar-refractivity contribution in [3.63, 3.8) is 0 Å². The third-order valence-corrected chi connectivity index (χ3v) is 2.68. The molecule has 1 aromatic rings. The van der Waals surface area contributed by atoms with Crippen molar-refractivity contribution in [2.24, 2.45) is 0 Å². The second-order valence-corrected chi connectivity index (χ2v) is 4.54. The molecule has 0 saturated heterocycles. The van der Waals surface area contributed by atoms with Gasteiger partial charge in [-0.3, -0.25) is 9.59 Å². The molecule has 0 aromatic heterocycles. The Morgan fingerprint density at radius 2 is 1.94 bits per heavy atom. The van der Waals surface area contributed by atoms with Crippen LogP contribution in [-0.4, -0.2) is 18.5 Å². The lowest BCUT2D eigenvalue weighted by molar-refractivity contribution is -0.146. The molecule has 4 nitrogen and oxygen atoms in total. The van der Waals surface area contributed by atoms with Crippen LogP contribution in [0.25, 0.3) is 0 Å². The quantitative estimate of drug-likeness (QED) is 0.867. The minimum atomic E-state index is -0.462. The van der Waals surface area contributed by atoms with Crippen LogP contribution in [0.15, 0.2) is 28.7 Å². The molecule has 92 valence electrons. The van der Waals surface area contributed by atoms with Crippen molar-refractivity contribution in [1.82, 2.24) is 5.32 Å². The van der Waals surface area contributed by atoms with Crippen LogP contribution in [0.4, 0.5) is 0 Å². The Bertz CT molecular complexity index is 403. The van der Waals surface area contributed by atoms with E-state index < -0.39 is 5.97 Å². The summed E-state index contributed by atoms with van der Waals surface area (Å²) >= 11 is 3.34. The largest absolute Gasteiger partial charge is 0.456 e. The molecule has 1 amide bonds. The van der Waals surface area contributed by atoms with Gasteiger partial charge in [0.25, 0.3) is 5.91 Å². The highest BCUT2D eigenvalue weighted by molar-refractivity contribution is 9.10. The number of carbonyl (C=O) groups is 2. The molecule has 0 heterocycles. The van der Waals surface area contributed by atoms with Crippen LogP contribution in [0.2, 0.25) is 0 Å². The van der Waals surface area contributed by atoms with Gasteiger partial charge in [-0.05, 0) is 24.6 Å². The number of benzene rings is 1. The molecule has 0 saturated carbocycles. The Balaban J connectivity index is 2.48. The maximum Gasteiger partial charge on any atom is 0.303 e. The number of halogens is 1. The minimum Gasteiger partial charge on any atom is -0.456 e. The Labute approximate surface area is 108 Å². The van der Waals surface area contributed by atoms with Gasteiger partial charge in [0, 0.05) is 11.4 Å². The summed E-state index contributed by atoms with van der Waals surface area (Å²) < 4.78 is 5.59. The summed E-state index contributed by atoms with van der Waals surface area (Å²) in [6, 6.07) is 7.53. The SMILES string of the molecule is CC(=O)OCC(=O)N[C@@H](C)c1ccc(Br)cc1. The van der Waals surface area contributed by atoms with E-state index in [1.165, 1.54) is 6.92 Å². The van der Waals surface area contributed by atoms with Crippen molar-refractivity contribution in [3.8, 4) is 0 Å². The molecule has 0 aliphatic rings. The van der Waals surface area contributed by atoms with Gasteiger partial charge in [0.05, 0.1) is 6.04 Å². The molecule has 0 radical (unpaired) electrons. The predicted octanol–water partition coefficient (Wildman–Crippen LogP) is 2.19. The zero-order valence-corrected chi connectivity index (χ0v) is 11.3. The first kappa shape index (κ1) is 13.7. The van der Waals surface area contributed by atoms with Crippen LogP contribution in [0.5, 0.6) is 0 Å². The zero-order valence-electron chi connectivity index (χ0n) is 9.70. The molecule has 1 aromatic carbocycles. The number of esters is 1. The van der Waals surface area contributed by atoms with Crippen molar-refractivity contribution in [2.45, 2.75) is 19.9 Å². The number of hydrogen-bond donors (Lipinski definition) is 1. The second-order valence-electron chi connectivity index (χ2n) is 3.62. The van der Waals surface area contributed by atoms with Gasteiger partial charge in [-0.15, -0.1) is 0 Å². The normalized spacial score (nSPS) is 11.7. The standard InChI is InChI=1S/C12H14BrNO3/c1-8(10-3-5-11(13)6-4-10)14-12(16)7-17-9(2)15/h3-6,8H,7H2,1-2H3,(H,14,16)/t8-/m0/s1. The minimum absolute atomic E-state index is 0.119. The van der Waals surface area contributed by atoms with Crippen LogP contribution >= 0.6 is 15.9 Å². The molecule has 1 atom stereocenters. The van der Waals surface area contributed by atoms with Crippen molar-refractivity contribution >= 4 is 27.8 Å².